The predicted octanol–water partition coefficient (Wildman–Crippen LogP) is 3.24. The summed E-state index contributed by atoms with van der Waals surface area (Å²) in [7, 11) is 1.69. The Kier molecular flexibility index (Phi) is 2.93. The van der Waals surface area contributed by atoms with Crippen molar-refractivity contribution in [1.29, 1.82) is 0 Å². The Morgan fingerprint density at radius 3 is 2.78 bits per heavy atom. The molecular formula is C16H16O2. The summed E-state index contributed by atoms with van der Waals surface area (Å²) in [5, 5.41) is 0. The van der Waals surface area contributed by atoms with Gasteiger partial charge in [0.2, 0.25) is 0 Å². The maximum absolute atomic E-state index is 5.95. The monoisotopic (exact) mass is 240 g/mol. The number of ether oxygens (including phenoxy) is 2. The fourth-order valence-electron chi connectivity index (χ4n) is 2.41. The number of methoxy groups -OCH3 is 1. The van der Waals surface area contributed by atoms with Crippen LogP contribution in [0.1, 0.15) is 11.1 Å². The summed E-state index contributed by atoms with van der Waals surface area (Å²) < 4.78 is 11.2. The molecule has 2 heteroatoms. The molecule has 0 N–H and O–H groups in total. The summed E-state index contributed by atoms with van der Waals surface area (Å²) in [6.45, 7) is 0. The Balaban J connectivity index is 1.73. The molecular weight excluding hydrogens is 224 g/mol. The molecule has 0 bridgehead atoms. The minimum atomic E-state index is 0.245. The van der Waals surface area contributed by atoms with Gasteiger partial charge in [-0.3, -0.25) is 0 Å². The summed E-state index contributed by atoms with van der Waals surface area (Å²) in [4.78, 5) is 0. The third kappa shape index (κ3) is 2.19. The molecule has 0 saturated heterocycles. The molecule has 1 heterocycles. The molecule has 0 aromatic heterocycles. The summed E-state index contributed by atoms with van der Waals surface area (Å²) in [5.41, 5.74) is 2.57. The van der Waals surface area contributed by atoms with Crippen LogP contribution in [0.2, 0.25) is 0 Å². The first kappa shape index (κ1) is 11.1. The van der Waals surface area contributed by atoms with E-state index < -0.39 is 0 Å². The Morgan fingerprint density at radius 2 is 2.00 bits per heavy atom. The first-order valence-electron chi connectivity index (χ1n) is 6.22. The molecule has 2 nitrogen and oxygen atoms in total. The van der Waals surface area contributed by atoms with Crippen molar-refractivity contribution in [2.75, 3.05) is 7.11 Å². The highest BCUT2D eigenvalue weighted by Crippen LogP contribution is 2.32. The van der Waals surface area contributed by atoms with Crippen LogP contribution in [0.4, 0.5) is 0 Å². The molecule has 3 rings (SSSR count). The lowest BCUT2D eigenvalue weighted by atomic mass is 10.0. The van der Waals surface area contributed by atoms with E-state index >= 15 is 0 Å². The van der Waals surface area contributed by atoms with Crippen LogP contribution in [0.3, 0.4) is 0 Å². The molecule has 1 unspecified atom stereocenters. The standard InChI is InChI=1S/C16H16O2/c1-17-14-7-8-16-13(10-14)11-15(18-16)9-12-5-3-2-4-6-12/h2-8,10,15H,9,11H2,1H3. The Morgan fingerprint density at radius 1 is 1.17 bits per heavy atom. The van der Waals surface area contributed by atoms with Crippen LogP contribution in [0, 0.1) is 0 Å². The van der Waals surface area contributed by atoms with Gasteiger partial charge in [-0.05, 0) is 23.8 Å². The van der Waals surface area contributed by atoms with E-state index in [-0.39, 0.29) is 6.10 Å². The highest BCUT2D eigenvalue weighted by Gasteiger charge is 2.23. The van der Waals surface area contributed by atoms with Gasteiger partial charge < -0.3 is 9.47 Å². The minimum Gasteiger partial charge on any atom is -0.497 e. The summed E-state index contributed by atoms with van der Waals surface area (Å²) >= 11 is 0. The third-order valence-electron chi connectivity index (χ3n) is 3.32. The molecule has 18 heavy (non-hydrogen) atoms. The summed E-state index contributed by atoms with van der Waals surface area (Å²) in [5.74, 6) is 1.90. The van der Waals surface area contributed by atoms with Gasteiger partial charge in [-0.25, -0.2) is 0 Å². The van der Waals surface area contributed by atoms with E-state index in [4.69, 9.17) is 9.47 Å². The quantitative estimate of drug-likeness (QED) is 0.820. The molecule has 0 amide bonds. The topological polar surface area (TPSA) is 18.5 Å². The van der Waals surface area contributed by atoms with Crippen molar-refractivity contribution < 1.29 is 9.47 Å². The van der Waals surface area contributed by atoms with Crippen molar-refractivity contribution >= 4 is 0 Å². The van der Waals surface area contributed by atoms with Gasteiger partial charge >= 0.3 is 0 Å². The second kappa shape index (κ2) is 4.73. The number of hydrogen-bond donors (Lipinski definition) is 0. The van der Waals surface area contributed by atoms with E-state index in [2.05, 4.69) is 30.3 Å². The van der Waals surface area contributed by atoms with E-state index in [1.807, 2.05) is 18.2 Å². The van der Waals surface area contributed by atoms with Crippen molar-refractivity contribution in [2.24, 2.45) is 0 Å². The van der Waals surface area contributed by atoms with Crippen molar-refractivity contribution in [3.05, 3.63) is 59.7 Å². The number of rotatable bonds is 3. The van der Waals surface area contributed by atoms with Crippen molar-refractivity contribution in [3.63, 3.8) is 0 Å². The second-order valence-corrected chi connectivity index (χ2v) is 4.61. The van der Waals surface area contributed by atoms with Gasteiger partial charge in [-0.15, -0.1) is 0 Å². The zero-order valence-electron chi connectivity index (χ0n) is 10.4. The average molecular weight is 240 g/mol. The SMILES string of the molecule is COc1ccc2c(c1)CC(Cc1ccccc1)O2. The van der Waals surface area contributed by atoms with Gasteiger partial charge in [0, 0.05) is 18.4 Å². The number of hydrogen-bond acceptors (Lipinski definition) is 2. The minimum absolute atomic E-state index is 0.245. The maximum atomic E-state index is 5.95. The fourth-order valence-corrected chi connectivity index (χ4v) is 2.41. The van der Waals surface area contributed by atoms with Crippen LogP contribution in [-0.4, -0.2) is 13.2 Å². The molecule has 0 fully saturated rings. The Hall–Kier alpha value is -1.96. The van der Waals surface area contributed by atoms with Gasteiger partial charge in [0.15, 0.2) is 0 Å². The predicted molar refractivity (Wildman–Crippen MR) is 71.3 cm³/mol. The zero-order chi connectivity index (χ0) is 12.4. The molecule has 2 aromatic carbocycles. The van der Waals surface area contributed by atoms with Crippen LogP contribution in [-0.2, 0) is 12.8 Å². The van der Waals surface area contributed by atoms with Gasteiger partial charge in [0.05, 0.1) is 7.11 Å². The van der Waals surface area contributed by atoms with Crippen LogP contribution in [0.5, 0.6) is 11.5 Å². The average Bonchev–Trinajstić information content (AvgIpc) is 2.80. The first-order valence-corrected chi connectivity index (χ1v) is 6.22. The lowest BCUT2D eigenvalue weighted by molar-refractivity contribution is 0.233. The third-order valence-corrected chi connectivity index (χ3v) is 3.32. The van der Waals surface area contributed by atoms with Crippen molar-refractivity contribution in [3.8, 4) is 11.5 Å². The molecule has 1 aliphatic heterocycles. The second-order valence-electron chi connectivity index (χ2n) is 4.61. The van der Waals surface area contributed by atoms with Gasteiger partial charge in [-0.1, -0.05) is 30.3 Å². The molecule has 0 saturated carbocycles. The smallest absolute Gasteiger partial charge is 0.123 e. The molecule has 1 aliphatic rings. The molecule has 1 atom stereocenters. The van der Waals surface area contributed by atoms with Gasteiger partial charge in [0.25, 0.3) is 0 Å². The van der Waals surface area contributed by atoms with Crippen LogP contribution in [0.15, 0.2) is 48.5 Å². The summed E-state index contributed by atoms with van der Waals surface area (Å²) in [6.07, 6.45) is 2.16. The lowest BCUT2D eigenvalue weighted by Gasteiger charge is -2.10. The van der Waals surface area contributed by atoms with Crippen LogP contribution < -0.4 is 9.47 Å². The van der Waals surface area contributed by atoms with E-state index in [1.54, 1.807) is 7.11 Å². The molecule has 0 aliphatic carbocycles. The zero-order valence-corrected chi connectivity index (χ0v) is 10.4. The maximum Gasteiger partial charge on any atom is 0.123 e. The summed E-state index contributed by atoms with van der Waals surface area (Å²) in [6, 6.07) is 16.5. The van der Waals surface area contributed by atoms with Crippen LogP contribution in [0.25, 0.3) is 0 Å². The largest absolute Gasteiger partial charge is 0.497 e. The number of fused-ring (bicyclic) bond motifs is 1. The highest BCUT2D eigenvalue weighted by atomic mass is 16.5. The molecule has 0 spiro atoms. The molecule has 92 valence electrons. The van der Waals surface area contributed by atoms with E-state index in [0.717, 1.165) is 24.3 Å². The van der Waals surface area contributed by atoms with Crippen molar-refractivity contribution in [2.45, 2.75) is 18.9 Å². The molecule has 0 radical (unpaired) electrons. The number of benzene rings is 2. The van der Waals surface area contributed by atoms with Crippen molar-refractivity contribution in [1.82, 2.24) is 0 Å². The normalized spacial score (nSPS) is 17.1. The molecule has 2 aromatic rings. The Bertz CT molecular complexity index is 534. The van der Waals surface area contributed by atoms with E-state index in [1.165, 1.54) is 11.1 Å². The fraction of sp³-hybridized carbons (Fsp3) is 0.250. The van der Waals surface area contributed by atoms with Gasteiger partial charge in [0.1, 0.15) is 17.6 Å². The highest BCUT2D eigenvalue weighted by molar-refractivity contribution is 5.43. The van der Waals surface area contributed by atoms with E-state index in [9.17, 15) is 0 Å². The van der Waals surface area contributed by atoms with E-state index in [0.29, 0.717) is 0 Å². The lowest BCUT2D eigenvalue weighted by Crippen LogP contribution is -2.16. The first-order chi connectivity index (χ1) is 8.85. The van der Waals surface area contributed by atoms with Gasteiger partial charge in [-0.2, -0.15) is 0 Å². The Labute approximate surface area is 107 Å². The van der Waals surface area contributed by atoms with Crippen LogP contribution >= 0.6 is 0 Å².